The number of carbonyl (C=O) groups is 1. The van der Waals surface area contributed by atoms with Crippen LogP contribution in [0.2, 0.25) is 5.02 Å². The Labute approximate surface area is 131 Å². The van der Waals surface area contributed by atoms with Gasteiger partial charge in [0.05, 0.1) is 10.6 Å². The summed E-state index contributed by atoms with van der Waals surface area (Å²) in [5.41, 5.74) is 5.54. The molecule has 0 unspecified atom stereocenters. The summed E-state index contributed by atoms with van der Waals surface area (Å²) in [7, 11) is 0. The van der Waals surface area contributed by atoms with Crippen LogP contribution in [0.25, 0.3) is 0 Å². The van der Waals surface area contributed by atoms with Gasteiger partial charge >= 0.3 is 0 Å². The predicted molar refractivity (Wildman–Crippen MR) is 84.3 cm³/mol. The number of aromatic nitrogens is 2. The molecule has 0 saturated carbocycles. The predicted octanol–water partition coefficient (Wildman–Crippen LogP) is 1.62. The minimum atomic E-state index is -0.524. The molecule has 21 heavy (non-hydrogen) atoms. The summed E-state index contributed by atoms with van der Waals surface area (Å²) in [6.07, 6.45) is 3.28. The molecular weight excluding hydrogens is 310 g/mol. The average Bonchev–Trinajstić information content (AvgIpc) is 3.01. The van der Waals surface area contributed by atoms with Gasteiger partial charge in [-0.15, -0.1) is 11.3 Å². The van der Waals surface area contributed by atoms with E-state index in [0.717, 1.165) is 31.3 Å². The first-order valence-electron chi connectivity index (χ1n) is 6.50. The third-order valence-corrected chi connectivity index (χ3v) is 4.49. The Morgan fingerprint density at radius 3 is 2.52 bits per heavy atom. The van der Waals surface area contributed by atoms with Crippen molar-refractivity contribution in [2.24, 2.45) is 5.73 Å². The minimum absolute atomic E-state index is 0.324. The molecule has 0 bridgehead atoms. The second-order valence-electron chi connectivity index (χ2n) is 4.68. The third-order valence-electron chi connectivity index (χ3n) is 3.38. The number of hydrogen-bond acceptors (Lipinski definition) is 6. The van der Waals surface area contributed by atoms with Crippen molar-refractivity contribution in [1.29, 1.82) is 0 Å². The van der Waals surface area contributed by atoms with Gasteiger partial charge in [-0.1, -0.05) is 11.6 Å². The minimum Gasteiger partial charge on any atom is -0.366 e. The zero-order valence-electron chi connectivity index (χ0n) is 11.2. The zero-order chi connectivity index (χ0) is 14.8. The molecule has 2 aromatic rings. The van der Waals surface area contributed by atoms with E-state index in [1.165, 1.54) is 6.20 Å². The highest BCUT2D eigenvalue weighted by atomic mass is 35.5. The Hall–Kier alpha value is -1.86. The Morgan fingerprint density at radius 2 is 1.95 bits per heavy atom. The molecule has 1 fully saturated rings. The summed E-state index contributed by atoms with van der Waals surface area (Å²) in [6, 6.07) is 1.57. The smallest absolute Gasteiger partial charge is 0.250 e. The number of primary amides is 1. The number of rotatable bonds is 3. The van der Waals surface area contributed by atoms with Crippen LogP contribution >= 0.6 is 22.9 Å². The molecular formula is C13H14ClN5OS. The van der Waals surface area contributed by atoms with E-state index in [1.807, 2.05) is 11.6 Å². The van der Waals surface area contributed by atoms with Gasteiger partial charge in [0.25, 0.3) is 0 Å². The SMILES string of the molecule is NC(=O)c1cnc(N2CCN(c3nccs3)CC2)c(Cl)c1. The topological polar surface area (TPSA) is 75.4 Å². The molecule has 6 nitrogen and oxygen atoms in total. The van der Waals surface area contributed by atoms with E-state index in [4.69, 9.17) is 17.3 Å². The van der Waals surface area contributed by atoms with Crippen molar-refractivity contribution < 1.29 is 4.79 Å². The maximum atomic E-state index is 11.1. The van der Waals surface area contributed by atoms with E-state index in [9.17, 15) is 4.79 Å². The number of anilines is 2. The quantitative estimate of drug-likeness (QED) is 0.929. The summed E-state index contributed by atoms with van der Waals surface area (Å²) in [5, 5.41) is 3.47. The number of thiazole rings is 1. The monoisotopic (exact) mass is 323 g/mol. The number of nitrogens with two attached hydrogens (primary N) is 1. The average molecular weight is 324 g/mol. The van der Waals surface area contributed by atoms with Gasteiger partial charge in [0.15, 0.2) is 5.13 Å². The van der Waals surface area contributed by atoms with Gasteiger partial charge in [0.1, 0.15) is 5.82 Å². The fourth-order valence-electron chi connectivity index (χ4n) is 2.28. The molecule has 1 aliphatic heterocycles. The van der Waals surface area contributed by atoms with Crippen LogP contribution in [0.15, 0.2) is 23.8 Å². The molecule has 110 valence electrons. The standard InChI is InChI=1S/C13H14ClN5OS/c14-10-7-9(11(15)20)8-17-12(10)18-2-4-19(5-3-18)13-16-1-6-21-13/h1,6-8H,2-5H2,(H2,15,20). The molecule has 0 aliphatic carbocycles. The van der Waals surface area contributed by atoms with Gasteiger partial charge < -0.3 is 15.5 Å². The van der Waals surface area contributed by atoms with Crippen LogP contribution in [0.3, 0.4) is 0 Å². The molecule has 2 N–H and O–H groups in total. The van der Waals surface area contributed by atoms with Crippen LogP contribution in [-0.4, -0.2) is 42.1 Å². The van der Waals surface area contributed by atoms with Gasteiger partial charge in [-0.2, -0.15) is 0 Å². The first-order chi connectivity index (χ1) is 10.1. The zero-order valence-corrected chi connectivity index (χ0v) is 12.8. The highest BCUT2D eigenvalue weighted by Crippen LogP contribution is 2.26. The van der Waals surface area contributed by atoms with Crippen molar-refractivity contribution in [3.8, 4) is 0 Å². The molecule has 1 saturated heterocycles. The number of halogens is 1. The fraction of sp³-hybridized carbons (Fsp3) is 0.308. The second-order valence-corrected chi connectivity index (χ2v) is 5.96. The van der Waals surface area contributed by atoms with E-state index in [2.05, 4.69) is 19.8 Å². The lowest BCUT2D eigenvalue weighted by molar-refractivity contribution is 0.1000. The van der Waals surface area contributed by atoms with Crippen molar-refractivity contribution >= 4 is 39.8 Å². The third kappa shape index (κ3) is 2.93. The molecule has 2 aromatic heterocycles. The number of nitrogens with zero attached hydrogens (tertiary/aromatic N) is 4. The van der Waals surface area contributed by atoms with Gasteiger partial charge in [0, 0.05) is 44.0 Å². The Kier molecular flexibility index (Phi) is 3.94. The molecule has 3 heterocycles. The van der Waals surface area contributed by atoms with Gasteiger partial charge in [-0.05, 0) is 6.07 Å². The van der Waals surface area contributed by atoms with E-state index in [1.54, 1.807) is 17.4 Å². The first kappa shape index (κ1) is 14.1. The first-order valence-corrected chi connectivity index (χ1v) is 7.75. The number of piperazine rings is 1. The Bertz CT molecular complexity index is 640. The fourth-order valence-corrected chi connectivity index (χ4v) is 3.26. The lowest BCUT2D eigenvalue weighted by atomic mass is 10.2. The lowest BCUT2D eigenvalue weighted by Crippen LogP contribution is -2.47. The maximum Gasteiger partial charge on any atom is 0.250 e. The summed E-state index contributed by atoms with van der Waals surface area (Å²) in [6.45, 7) is 3.34. The van der Waals surface area contributed by atoms with Gasteiger partial charge in [0.2, 0.25) is 5.91 Å². The Morgan fingerprint density at radius 1 is 1.24 bits per heavy atom. The van der Waals surface area contributed by atoms with Crippen molar-refractivity contribution in [3.05, 3.63) is 34.4 Å². The van der Waals surface area contributed by atoms with E-state index < -0.39 is 5.91 Å². The largest absolute Gasteiger partial charge is 0.366 e. The highest BCUT2D eigenvalue weighted by Gasteiger charge is 2.21. The van der Waals surface area contributed by atoms with E-state index in [0.29, 0.717) is 16.4 Å². The van der Waals surface area contributed by atoms with Crippen LogP contribution < -0.4 is 15.5 Å². The number of carbonyl (C=O) groups excluding carboxylic acids is 1. The molecule has 0 aromatic carbocycles. The molecule has 1 aliphatic rings. The van der Waals surface area contributed by atoms with Crippen molar-refractivity contribution in [1.82, 2.24) is 9.97 Å². The number of amides is 1. The van der Waals surface area contributed by atoms with Gasteiger partial charge in [-0.3, -0.25) is 4.79 Å². The lowest BCUT2D eigenvalue weighted by Gasteiger charge is -2.35. The number of pyridine rings is 1. The number of hydrogen-bond donors (Lipinski definition) is 1. The van der Waals surface area contributed by atoms with E-state index in [-0.39, 0.29) is 0 Å². The summed E-state index contributed by atoms with van der Waals surface area (Å²) in [4.78, 5) is 24.1. The Balaban J connectivity index is 1.71. The van der Waals surface area contributed by atoms with Crippen LogP contribution in [0.5, 0.6) is 0 Å². The normalized spacial score (nSPS) is 15.3. The van der Waals surface area contributed by atoms with Crippen LogP contribution in [0.1, 0.15) is 10.4 Å². The van der Waals surface area contributed by atoms with Gasteiger partial charge in [-0.25, -0.2) is 9.97 Å². The summed E-state index contributed by atoms with van der Waals surface area (Å²) < 4.78 is 0. The molecule has 1 amide bonds. The molecule has 0 radical (unpaired) electrons. The second kappa shape index (κ2) is 5.87. The van der Waals surface area contributed by atoms with E-state index >= 15 is 0 Å². The van der Waals surface area contributed by atoms with Crippen molar-refractivity contribution in [3.63, 3.8) is 0 Å². The molecule has 0 atom stereocenters. The van der Waals surface area contributed by atoms with Crippen LogP contribution in [-0.2, 0) is 0 Å². The highest BCUT2D eigenvalue weighted by molar-refractivity contribution is 7.13. The van der Waals surface area contributed by atoms with Crippen molar-refractivity contribution in [2.75, 3.05) is 36.0 Å². The molecule has 8 heteroatoms. The summed E-state index contributed by atoms with van der Waals surface area (Å²) >= 11 is 7.84. The van der Waals surface area contributed by atoms with Crippen molar-refractivity contribution in [2.45, 2.75) is 0 Å². The van der Waals surface area contributed by atoms with Crippen LogP contribution in [0.4, 0.5) is 10.9 Å². The molecule has 3 rings (SSSR count). The molecule has 0 spiro atoms. The maximum absolute atomic E-state index is 11.1. The van der Waals surface area contributed by atoms with Crippen LogP contribution in [0, 0.1) is 0 Å². The summed E-state index contributed by atoms with van der Waals surface area (Å²) in [5.74, 6) is 0.171.